The van der Waals surface area contributed by atoms with Crippen molar-refractivity contribution in [3.05, 3.63) is 46.2 Å². The summed E-state index contributed by atoms with van der Waals surface area (Å²) in [5.74, 6) is -0.513. The van der Waals surface area contributed by atoms with E-state index in [1.54, 1.807) is 23.5 Å². The Hall–Kier alpha value is -2.27. The molecule has 2 amide bonds. The van der Waals surface area contributed by atoms with E-state index in [2.05, 4.69) is 5.32 Å². The molecule has 1 N–H and O–H groups in total. The molecule has 10 heteroatoms. The van der Waals surface area contributed by atoms with E-state index in [0.29, 0.717) is 44.1 Å². The summed E-state index contributed by atoms with van der Waals surface area (Å²) in [5.41, 5.74) is 1.26. The number of ether oxygens (including phenoxy) is 1. The first-order valence-corrected chi connectivity index (χ1v) is 12.0. The highest BCUT2D eigenvalue weighted by molar-refractivity contribution is 7.89. The van der Waals surface area contributed by atoms with Crippen LogP contribution in [0, 0.1) is 0 Å². The van der Waals surface area contributed by atoms with Crippen molar-refractivity contribution in [1.29, 1.82) is 0 Å². The molecule has 0 radical (unpaired) electrons. The van der Waals surface area contributed by atoms with Crippen LogP contribution in [-0.4, -0.2) is 56.9 Å². The minimum absolute atomic E-state index is 0.172. The Kier molecular flexibility index (Phi) is 5.92. The molecular formula is C20H23N3O5S2. The molecule has 1 saturated heterocycles. The van der Waals surface area contributed by atoms with Crippen molar-refractivity contribution in [2.75, 3.05) is 31.2 Å². The maximum Gasteiger partial charge on any atom is 0.243 e. The van der Waals surface area contributed by atoms with Gasteiger partial charge in [-0.25, -0.2) is 8.42 Å². The van der Waals surface area contributed by atoms with Gasteiger partial charge in [0.25, 0.3) is 0 Å². The molecule has 2 aliphatic heterocycles. The zero-order valence-corrected chi connectivity index (χ0v) is 18.2. The monoisotopic (exact) mass is 449 g/mol. The Balaban J connectivity index is 1.57. The van der Waals surface area contributed by atoms with E-state index >= 15 is 0 Å². The lowest BCUT2D eigenvalue weighted by Gasteiger charge is -2.26. The van der Waals surface area contributed by atoms with Crippen LogP contribution in [0.15, 0.2) is 40.6 Å². The fraction of sp³-hybridized carbons (Fsp3) is 0.400. The highest BCUT2D eigenvalue weighted by atomic mass is 32.2. The molecule has 3 heterocycles. The number of sulfonamides is 1. The van der Waals surface area contributed by atoms with Crippen molar-refractivity contribution in [2.24, 2.45) is 0 Å². The van der Waals surface area contributed by atoms with Crippen molar-refractivity contribution in [1.82, 2.24) is 9.62 Å². The second-order valence-electron chi connectivity index (χ2n) is 7.21. The Bertz CT molecular complexity index is 1050. The molecule has 1 aromatic carbocycles. The van der Waals surface area contributed by atoms with Crippen LogP contribution in [0.3, 0.4) is 0 Å². The Morgan fingerprint density at radius 3 is 2.67 bits per heavy atom. The maximum absolute atomic E-state index is 13.0. The standard InChI is InChI=1S/C20H23N3O5S2/c1-14(24)23-18-5-4-17(30(26,27)22-6-8-28-9-7-22)11-15(18)12-19(23)20(25)21-13-16-3-2-10-29-16/h2-5,10-11,19H,6-9,12-13H2,1H3,(H,21,25)/t19-/m0/s1. The first-order chi connectivity index (χ1) is 14.4. The molecule has 1 atom stereocenters. The van der Waals surface area contributed by atoms with Gasteiger partial charge in [-0.1, -0.05) is 6.07 Å². The van der Waals surface area contributed by atoms with Crippen LogP contribution in [0.4, 0.5) is 5.69 Å². The van der Waals surface area contributed by atoms with Crippen molar-refractivity contribution < 1.29 is 22.7 Å². The highest BCUT2D eigenvalue weighted by Gasteiger charge is 2.38. The minimum atomic E-state index is -3.65. The van der Waals surface area contributed by atoms with E-state index in [9.17, 15) is 18.0 Å². The first-order valence-electron chi connectivity index (χ1n) is 9.68. The molecule has 1 aromatic heterocycles. The second-order valence-corrected chi connectivity index (χ2v) is 10.2. The number of thiophene rings is 1. The Morgan fingerprint density at radius 1 is 1.23 bits per heavy atom. The normalized spacial score (nSPS) is 19.5. The minimum Gasteiger partial charge on any atom is -0.379 e. The van der Waals surface area contributed by atoms with Gasteiger partial charge in [0.1, 0.15) is 6.04 Å². The largest absolute Gasteiger partial charge is 0.379 e. The third-order valence-corrected chi connectivity index (χ3v) is 8.07. The summed E-state index contributed by atoms with van der Waals surface area (Å²) < 4.78 is 32.6. The number of amides is 2. The van der Waals surface area contributed by atoms with Crippen molar-refractivity contribution >= 4 is 38.9 Å². The Morgan fingerprint density at radius 2 is 2.00 bits per heavy atom. The van der Waals surface area contributed by atoms with E-state index < -0.39 is 16.1 Å². The summed E-state index contributed by atoms with van der Waals surface area (Å²) in [5, 5.41) is 4.82. The van der Waals surface area contributed by atoms with Crippen LogP contribution in [-0.2, 0) is 37.3 Å². The van der Waals surface area contributed by atoms with E-state index in [4.69, 9.17) is 4.74 Å². The SMILES string of the molecule is CC(=O)N1c2ccc(S(=O)(=O)N3CCOCC3)cc2C[C@H]1C(=O)NCc1cccs1. The number of hydrogen-bond donors (Lipinski definition) is 1. The lowest BCUT2D eigenvalue weighted by molar-refractivity contribution is -0.125. The lowest BCUT2D eigenvalue weighted by Crippen LogP contribution is -2.47. The van der Waals surface area contributed by atoms with Gasteiger partial charge in [-0.15, -0.1) is 11.3 Å². The topological polar surface area (TPSA) is 96.0 Å². The van der Waals surface area contributed by atoms with Gasteiger partial charge in [-0.3, -0.25) is 14.5 Å². The molecule has 4 rings (SSSR count). The number of anilines is 1. The number of rotatable bonds is 5. The molecule has 2 aliphatic rings. The molecule has 0 unspecified atom stereocenters. The lowest BCUT2D eigenvalue weighted by atomic mass is 10.1. The number of nitrogens with one attached hydrogen (secondary N) is 1. The number of carbonyl (C=O) groups excluding carboxylic acids is 2. The molecule has 30 heavy (non-hydrogen) atoms. The zero-order valence-electron chi connectivity index (χ0n) is 16.5. The molecule has 0 spiro atoms. The molecular weight excluding hydrogens is 426 g/mol. The molecule has 1 fully saturated rings. The van der Waals surface area contributed by atoms with Crippen LogP contribution in [0.1, 0.15) is 17.4 Å². The van der Waals surface area contributed by atoms with Crippen LogP contribution in [0.2, 0.25) is 0 Å². The third kappa shape index (κ3) is 4.00. The predicted molar refractivity (Wildman–Crippen MR) is 113 cm³/mol. The van der Waals surface area contributed by atoms with Gasteiger partial charge in [0, 0.05) is 37.0 Å². The Labute approximate surface area is 179 Å². The molecule has 8 nitrogen and oxygen atoms in total. The third-order valence-electron chi connectivity index (χ3n) is 5.30. The smallest absolute Gasteiger partial charge is 0.243 e. The number of hydrogen-bond acceptors (Lipinski definition) is 6. The summed E-state index contributed by atoms with van der Waals surface area (Å²) in [6.45, 7) is 3.17. The van der Waals surface area contributed by atoms with Crippen LogP contribution in [0.25, 0.3) is 0 Å². The van der Waals surface area contributed by atoms with Gasteiger partial charge in [0.05, 0.1) is 24.7 Å². The number of benzene rings is 1. The molecule has 0 saturated carbocycles. The zero-order chi connectivity index (χ0) is 21.3. The van der Waals surface area contributed by atoms with Gasteiger partial charge < -0.3 is 10.1 Å². The average Bonchev–Trinajstić information content (AvgIpc) is 3.39. The summed E-state index contributed by atoms with van der Waals surface area (Å²) in [4.78, 5) is 27.7. The van der Waals surface area contributed by atoms with Crippen LogP contribution < -0.4 is 10.2 Å². The number of morpholine rings is 1. The molecule has 0 bridgehead atoms. The highest BCUT2D eigenvalue weighted by Crippen LogP contribution is 2.35. The molecule has 160 valence electrons. The number of nitrogens with zero attached hydrogens (tertiary/aromatic N) is 2. The quantitative estimate of drug-likeness (QED) is 0.744. The van der Waals surface area contributed by atoms with Gasteiger partial charge in [-0.05, 0) is 35.2 Å². The summed E-state index contributed by atoms with van der Waals surface area (Å²) in [7, 11) is -3.65. The van der Waals surface area contributed by atoms with E-state index in [1.165, 1.54) is 22.2 Å². The summed E-state index contributed by atoms with van der Waals surface area (Å²) in [6.07, 6.45) is 0.275. The fourth-order valence-electron chi connectivity index (χ4n) is 3.83. The second kappa shape index (κ2) is 8.46. The van der Waals surface area contributed by atoms with E-state index in [0.717, 1.165) is 4.88 Å². The average molecular weight is 450 g/mol. The summed E-state index contributed by atoms with van der Waals surface area (Å²) in [6, 6.07) is 7.86. The number of fused-ring (bicyclic) bond motifs is 1. The van der Waals surface area contributed by atoms with E-state index in [-0.39, 0.29) is 23.1 Å². The maximum atomic E-state index is 13.0. The predicted octanol–water partition coefficient (Wildman–Crippen LogP) is 1.36. The van der Waals surface area contributed by atoms with Crippen LogP contribution >= 0.6 is 11.3 Å². The van der Waals surface area contributed by atoms with Gasteiger partial charge in [-0.2, -0.15) is 4.31 Å². The molecule has 2 aromatic rings. The number of carbonyl (C=O) groups is 2. The van der Waals surface area contributed by atoms with E-state index in [1.807, 2.05) is 17.5 Å². The van der Waals surface area contributed by atoms with Crippen molar-refractivity contribution in [3.8, 4) is 0 Å². The fourth-order valence-corrected chi connectivity index (χ4v) is 5.93. The van der Waals surface area contributed by atoms with Crippen molar-refractivity contribution in [3.63, 3.8) is 0 Å². The van der Waals surface area contributed by atoms with Crippen molar-refractivity contribution in [2.45, 2.75) is 30.8 Å². The first kappa shape index (κ1) is 21.0. The van der Waals surface area contributed by atoms with Gasteiger partial charge in [0.15, 0.2) is 0 Å². The summed E-state index contributed by atoms with van der Waals surface area (Å²) >= 11 is 1.54. The van der Waals surface area contributed by atoms with Gasteiger partial charge in [0.2, 0.25) is 21.8 Å². The van der Waals surface area contributed by atoms with Crippen LogP contribution in [0.5, 0.6) is 0 Å². The molecule has 0 aliphatic carbocycles. The van der Waals surface area contributed by atoms with Gasteiger partial charge >= 0.3 is 0 Å².